The van der Waals surface area contributed by atoms with E-state index in [0.717, 1.165) is 22.2 Å². The number of ketones is 1. The van der Waals surface area contributed by atoms with E-state index in [9.17, 15) is 14.4 Å². The van der Waals surface area contributed by atoms with Gasteiger partial charge in [-0.1, -0.05) is 60.7 Å². The van der Waals surface area contributed by atoms with E-state index in [-0.39, 0.29) is 18.6 Å². The fourth-order valence-electron chi connectivity index (χ4n) is 4.35. The Kier molecular flexibility index (Phi) is 6.96. The molecule has 7 heteroatoms. The van der Waals surface area contributed by atoms with Gasteiger partial charge < -0.3 is 20.1 Å². The minimum absolute atomic E-state index is 0.0284. The lowest BCUT2D eigenvalue weighted by Crippen LogP contribution is -2.24. The molecule has 0 bridgehead atoms. The molecule has 7 nitrogen and oxygen atoms in total. The van der Waals surface area contributed by atoms with E-state index in [0.29, 0.717) is 29.8 Å². The zero-order valence-electron chi connectivity index (χ0n) is 19.4. The van der Waals surface area contributed by atoms with Crippen molar-refractivity contribution in [1.29, 1.82) is 0 Å². The van der Waals surface area contributed by atoms with Crippen molar-refractivity contribution in [2.45, 2.75) is 26.3 Å². The first-order valence-electron chi connectivity index (χ1n) is 11.3. The van der Waals surface area contributed by atoms with E-state index < -0.39 is 17.7 Å². The molecule has 3 N–H and O–H groups in total. The number of carboxylic acid groups (broad SMARTS) is 1. The van der Waals surface area contributed by atoms with E-state index in [1.165, 1.54) is 0 Å². The van der Waals surface area contributed by atoms with Crippen LogP contribution in [0.4, 0.5) is 0 Å². The van der Waals surface area contributed by atoms with Crippen molar-refractivity contribution in [3.63, 3.8) is 0 Å². The number of amides is 1. The van der Waals surface area contributed by atoms with E-state index in [1.807, 2.05) is 65.2 Å². The third-order valence-electron chi connectivity index (χ3n) is 5.99. The molecule has 178 valence electrons. The van der Waals surface area contributed by atoms with Crippen LogP contribution in [-0.4, -0.2) is 33.9 Å². The van der Waals surface area contributed by atoms with Crippen LogP contribution >= 0.6 is 0 Å². The first kappa shape index (κ1) is 23.8. The van der Waals surface area contributed by atoms with Crippen molar-refractivity contribution in [2.24, 2.45) is 5.73 Å². The smallest absolute Gasteiger partial charge is 0.303 e. The van der Waals surface area contributed by atoms with Gasteiger partial charge in [-0.05, 0) is 42.2 Å². The second kappa shape index (κ2) is 10.3. The van der Waals surface area contributed by atoms with Gasteiger partial charge >= 0.3 is 5.97 Å². The number of aromatic nitrogens is 1. The first-order chi connectivity index (χ1) is 16.9. The zero-order valence-corrected chi connectivity index (χ0v) is 19.4. The van der Waals surface area contributed by atoms with Crippen LogP contribution in [0.2, 0.25) is 0 Å². The quantitative estimate of drug-likeness (QED) is 0.200. The molecule has 1 heterocycles. The molecule has 1 amide bonds. The van der Waals surface area contributed by atoms with E-state index in [1.54, 1.807) is 13.0 Å². The molecular formula is C28H26N2O5. The van der Waals surface area contributed by atoms with Crippen LogP contribution in [0.3, 0.4) is 0 Å². The number of hydrogen-bond donors (Lipinski definition) is 2. The Morgan fingerprint density at radius 1 is 0.943 bits per heavy atom. The number of benzene rings is 3. The fourth-order valence-corrected chi connectivity index (χ4v) is 4.35. The number of rotatable bonds is 10. The highest BCUT2D eigenvalue weighted by atomic mass is 16.5. The Labute approximate surface area is 202 Å². The summed E-state index contributed by atoms with van der Waals surface area (Å²) in [5, 5.41) is 9.39. The van der Waals surface area contributed by atoms with Crippen LogP contribution in [0.15, 0.2) is 72.8 Å². The van der Waals surface area contributed by atoms with Crippen molar-refractivity contribution in [2.75, 3.05) is 6.61 Å². The van der Waals surface area contributed by atoms with Crippen LogP contribution in [-0.2, 0) is 16.1 Å². The average molecular weight is 471 g/mol. The number of hydrogen-bond acceptors (Lipinski definition) is 4. The standard InChI is InChI=1S/C28H26N2O5/c1-18-25(27(33)28(29)34)26-22(13-7-14-23(26)35-16-8-15-24(31)32)30(18)17-20-11-5-6-12-21(20)19-9-3-2-4-10-19/h2-7,9-14H,8,15-17H2,1H3,(H2,29,34)(H,31,32). The van der Waals surface area contributed by atoms with Crippen LogP contribution in [0.25, 0.3) is 22.0 Å². The molecule has 0 saturated heterocycles. The molecule has 0 fully saturated rings. The van der Waals surface area contributed by atoms with E-state index in [4.69, 9.17) is 15.6 Å². The van der Waals surface area contributed by atoms with Gasteiger partial charge in [-0.15, -0.1) is 0 Å². The number of aliphatic carboxylic acids is 1. The number of nitrogens with two attached hydrogens (primary N) is 1. The summed E-state index contributed by atoms with van der Waals surface area (Å²) in [5.74, 6) is -2.33. The summed E-state index contributed by atoms with van der Waals surface area (Å²) < 4.78 is 7.85. The molecule has 0 aliphatic heterocycles. The first-order valence-corrected chi connectivity index (χ1v) is 11.3. The predicted molar refractivity (Wildman–Crippen MR) is 134 cm³/mol. The number of fused-ring (bicyclic) bond motifs is 1. The molecular weight excluding hydrogens is 444 g/mol. The summed E-state index contributed by atoms with van der Waals surface area (Å²) in [6.07, 6.45) is 0.286. The maximum absolute atomic E-state index is 12.9. The maximum atomic E-state index is 12.9. The SMILES string of the molecule is Cc1c(C(=O)C(N)=O)c2c(OCCCC(=O)O)cccc2n1Cc1ccccc1-c1ccccc1. The topological polar surface area (TPSA) is 112 Å². The third kappa shape index (κ3) is 4.94. The molecule has 0 spiro atoms. The molecule has 0 aliphatic rings. The van der Waals surface area contributed by atoms with Crippen molar-refractivity contribution >= 4 is 28.6 Å². The average Bonchev–Trinajstić information content (AvgIpc) is 3.14. The lowest BCUT2D eigenvalue weighted by Gasteiger charge is -2.14. The molecule has 3 aromatic carbocycles. The number of nitrogens with zero attached hydrogens (tertiary/aromatic N) is 1. The number of carbonyl (C=O) groups is 3. The predicted octanol–water partition coefficient (Wildman–Crippen LogP) is 4.58. The van der Waals surface area contributed by atoms with Crippen molar-refractivity contribution in [1.82, 2.24) is 4.57 Å². The number of primary amides is 1. The molecule has 0 radical (unpaired) electrons. The van der Waals surface area contributed by atoms with Gasteiger partial charge in [0, 0.05) is 18.7 Å². The molecule has 35 heavy (non-hydrogen) atoms. The summed E-state index contributed by atoms with van der Waals surface area (Å²) >= 11 is 0. The monoisotopic (exact) mass is 470 g/mol. The Morgan fingerprint density at radius 2 is 1.66 bits per heavy atom. The van der Waals surface area contributed by atoms with Gasteiger partial charge in [0.2, 0.25) is 0 Å². The summed E-state index contributed by atoms with van der Waals surface area (Å²) in [4.78, 5) is 35.6. The second-order valence-corrected chi connectivity index (χ2v) is 8.26. The molecule has 0 atom stereocenters. The molecule has 4 aromatic rings. The van der Waals surface area contributed by atoms with Gasteiger partial charge in [0.25, 0.3) is 11.7 Å². The number of carboxylic acids is 1. The van der Waals surface area contributed by atoms with Crippen molar-refractivity contribution in [3.05, 3.63) is 89.6 Å². The third-order valence-corrected chi connectivity index (χ3v) is 5.99. The minimum Gasteiger partial charge on any atom is -0.493 e. The Morgan fingerprint density at radius 3 is 2.37 bits per heavy atom. The maximum Gasteiger partial charge on any atom is 0.303 e. The lowest BCUT2D eigenvalue weighted by molar-refractivity contribution is -0.137. The van der Waals surface area contributed by atoms with Gasteiger partial charge in [0.15, 0.2) is 0 Å². The van der Waals surface area contributed by atoms with Gasteiger partial charge in [-0.2, -0.15) is 0 Å². The zero-order chi connectivity index (χ0) is 24.9. The van der Waals surface area contributed by atoms with Crippen LogP contribution < -0.4 is 10.5 Å². The number of carbonyl (C=O) groups excluding carboxylic acids is 2. The van der Waals surface area contributed by atoms with Crippen LogP contribution in [0.1, 0.15) is 34.5 Å². The summed E-state index contributed by atoms with van der Waals surface area (Å²) in [7, 11) is 0. The minimum atomic E-state index is -1.04. The highest BCUT2D eigenvalue weighted by molar-refractivity contribution is 6.45. The summed E-state index contributed by atoms with van der Waals surface area (Å²) in [5.41, 5.74) is 10.1. The molecule has 0 saturated carbocycles. The van der Waals surface area contributed by atoms with Gasteiger partial charge in [0.05, 0.1) is 23.1 Å². The second-order valence-electron chi connectivity index (χ2n) is 8.26. The highest BCUT2D eigenvalue weighted by Crippen LogP contribution is 2.35. The number of ether oxygens (including phenoxy) is 1. The Bertz CT molecular complexity index is 1410. The van der Waals surface area contributed by atoms with E-state index in [2.05, 4.69) is 6.07 Å². The molecule has 1 aromatic heterocycles. The van der Waals surface area contributed by atoms with Crippen LogP contribution in [0.5, 0.6) is 5.75 Å². The van der Waals surface area contributed by atoms with Crippen molar-refractivity contribution < 1.29 is 24.2 Å². The largest absolute Gasteiger partial charge is 0.493 e. The number of Topliss-reactive ketones (excluding diaryl/α,β-unsaturated/α-hetero) is 1. The van der Waals surface area contributed by atoms with Crippen LogP contribution in [0, 0.1) is 6.92 Å². The van der Waals surface area contributed by atoms with Gasteiger partial charge in [-0.25, -0.2) is 0 Å². The summed E-state index contributed by atoms with van der Waals surface area (Å²) in [6.45, 7) is 2.41. The summed E-state index contributed by atoms with van der Waals surface area (Å²) in [6, 6.07) is 23.5. The normalized spacial score (nSPS) is 10.9. The molecule has 0 unspecified atom stereocenters. The van der Waals surface area contributed by atoms with Gasteiger partial charge in [0.1, 0.15) is 5.75 Å². The Balaban J connectivity index is 1.82. The van der Waals surface area contributed by atoms with Gasteiger partial charge in [-0.3, -0.25) is 14.4 Å². The molecule has 0 aliphatic carbocycles. The van der Waals surface area contributed by atoms with Crippen molar-refractivity contribution in [3.8, 4) is 16.9 Å². The Hall–Kier alpha value is -4.39. The molecule has 4 rings (SSSR count). The highest BCUT2D eigenvalue weighted by Gasteiger charge is 2.26. The fraction of sp³-hybridized carbons (Fsp3) is 0.179. The lowest BCUT2D eigenvalue weighted by atomic mass is 9.99. The van der Waals surface area contributed by atoms with E-state index >= 15 is 0 Å².